The zero-order chi connectivity index (χ0) is 24.0. The van der Waals surface area contributed by atoms with Crippen LogP contribution in [0.5, 0.6) is 0 Å². The van der Waals surface area contributed by atoms with Crippen LogP contribution in [0.1, 0.15) is 64.5 Å². The molecule has 4 nitrogen and oxygen atoms in total. The first-order valence-corrected chi connectivity index (χ1v) is 12.7. The molecule has 1 aromatic rings. The van der Waals surface area contributed by atoms with Gasteiger partial charge in [-0.15, -0.1) is 0 Å². The van der Waals surface area contributed by atoms with Crippen molar-refractivity contribution in [1.29, 1.82) is 0 Å². The van der Waals surface area contributed by atoms with Crippen LogP contribution in [0.3, 0.4) is 0 Å². The van der Waals surface area contributed by atoms with E-state index >= 15 is 0 Å². The molecular weight excluding hydrogens is 410 g/mol. The molecule has 0 aliphatic heterocycles. The van der Waals surface area contributed by atoms with Gasteiger partial charge in [0.15, 0.2) is 0 Å². The van der Waals surface area contributed by atoms with Gasteiger partial charge in [0.2, 0.25) is 5.91 Å². The number of hydrogen-bond acceptors (Lipinski definition) is 3. The first kappa shape index (κ1) is 25.7. The fraction of sp³-hybridized carbons (Fsp3) is 0.621. The Balaban J connectivity index is 1.41. The van der Waals surface area contributed by atoms with Crippen LogP contribution in [0.4, 0.5) is 0 Å². The number of fused-ring (bicyclic) bond motifs is 1. The van der Waals surface area contributed by atoms with Crippen LogP contribution in [0, 0.1) is 24.7 Å². The van der Waals surface area contributed by atoms with Gasteiger partial charge in [-0.25, -0.2) is 0 Å². The third-order valence-corrected chi connectivity index (χ3v) is 7.14. The number of hydrogen-bond donors (Lipinski definition) is 1. The number of benzene rings is 1. The van der Waals surface area contributed by atoms with E-state index in [1.54, 1.807) is 0 Å². The van der Waals surface area contributed by atoms with Gasteiger partial charge in [0.25, 0.3) is 0 Å². The highest BCUT2D eigenvalue weighted by Gasteiger charge is 2.43. The molecule has 0 heterocycles. The zero-order valence-corrected chi connectivity index (χ0v) is 21.2. The van der Waals surface area contributed by atoms with Gasteiger partial charge in [0, 0.05) is 18.0 Å². The lowest BCUT2D eigenvalue weighted by molar-refractivity contribution is -0.135. The summed E-state index contributed by atoms with van der Waals surface area (Å²) in [7, 11) is 0. The lowest BCUT2D eigenvalue weighted by atomic mass is 9.89. The quantitative estimate of drug-likeness (QED) is 0.357. The summed E-state index contributed by atoms with van der Waals surface area (Å²) in [4.78, 5) is 14.4. The number of ether oxygens (including phenoxy) is 1. The molecule has 3 rings (SSSR count). The minimum absolute atomic E-state index is 0.163. The number of aliphatic hydroxyl groups excluding tert-OH is 1. The van der Waals surface area contributed by atoms with Crippen LogP contribution in [0.2, 0.25) is 0 Å². The average molecular weight is 454 g/mol. The predicted molar refractivity (Wildman–Crippen MR) is 135 cm³/mol. The van der Waals surface area contributed by atoms with Crippen molar-refractivity contribution in [2.45, 2.75) is 84.9 Å². The second-order valence-corrected chi connectivity index (χ2v) is 10.5. The van der Waals surface area contributed by atoms with Gasteiger partial charge in [-0.05, 0) is 83.3 Å². The van der Waals surface area contributed by atoms with Gasteiger partial charge in [0.1, 0.15) is 0 Å². The Kier molecular flexibility index (Phi) is 9.34. The SMILES string of the molecule is Cc1cccc(CC/C=C/[C@@H]2[C@H]3CC(COCCC(=O)N(C(C)C)C(C)C)=C[C@H]3C[C@H]2O)c1. The van der Waals surface area contributed by atoms with E-state index in [1.165, 1.54) is 16.7 Å². The first-order valence-electron chi connectivity index (χ1n) is 12.7. The fourth-order valence-electron chi connectivity index (χ4n) is 5.75. The van der Waals surface area contributed by atoms with E-state index in [-0.39, 0.29) is 30.0 Å². The molecule has 1 fully saturated rings. The Hall–Kier alpha value is -1.91. The van der Waals surface area contributed by atoms with Crippen molar-refractivity contribution in [3.8, 4) is 0 Å². The summed E-state index contributed by atoms with van der Waals surface area (Å²) in [6.07, 6.45) is 10.9. The molecule has 1 N–H and O–H groups in total. The number of amides is 1. The average Bonchev–Trinajstić information content (AvgIpc) is 3.25. The van der Waals surface area contributed by atoms with Gasteiger partial charge in [0.05, 0.1) is 25.7 Å². The molecule has 4 atom stereocenters. The van der Waals surface area contributed by atoms with E-state index in [0.717, 1.165) is 25.7 Å². The molecular formula is C29H43NO3. The monoisotopic (exact) mass is 453 g/mol. The Morgan fingerprint density at radius 1 is 1.24 bits per heavy atom. The van der Waals surface area contributed by atoms with Crippen LogP contribution in [-0.4, -0.2) is 47.3 Å². The molecule has 0 aromatic heterocycles. The number of nitrogens with zero attached hydrogens (tertiary/aromatic N) is 1. The number of rotatable bonds is 11. The maximum atomic E-state index is 12.5. The summed E-state index contributed by atoms with van der Waals surface area (Å²) in [6, 6.07) is 9.11. The Bertz CT molecular complexity index is 833. The van der Waals surface area contributed by atoms with Gasteiger partial charge < -0.3 is 14.7 Å². The normalized spacial score (nSPS) is 24.7. The lowest BCUT2D eigenvalue weighted by Crippen LogP contribution is -2.42. The topological polar surface area (TPSA) is 49.8 Å². The van der Waals surface area contributed by atoms with E-state index in [9.17, 15) is 9.90 Å². The highest BCUT2D eigenvalue weighted by molar-refractivity contribution is 5.76. The molecule has 2 aliphatic rings. The largest absolute Gasteiger partial charge is 0.392 e. The van der Waals surface area contributed by atoms with Gasteiger partial charge >= 0.3 is 0 Å². The number of aryl methyl sites for hydroxylation is 2. The summed E-state index contributed by atoms with van der Waals surface area (Å²) in [6.45, 7) is 11.4. The molecule has 33 heavy (non-hydrogen) atoms. The Labute approximate surface area is 200 Å². The van der Waals surface area contributed by atoms with Crippen molar-refractivity contribution in [2.75, 3.05) is 13.2 Å². The van der Waals surface area contributed by atoms with Crippen molar-refractivity contribution in [1.82, 2.24) is 4.90 Å². The molecule has 1 aromatic carbocycles. The number of allylic oxidation sites excluding steroid dienone is 2. The maximum absolute atomic E-state index is 12.5. The number of carbonyl (C=O) groups excluding carboxylic acids is 1. The zero-order valence-electron chi connectivity index (χ0n) is 21.2. The standard InChI is InChI=1S/C29H43NO3/c1-20(2)30(21(3)4)29(32)13-14-33-19-24-16-25-18-28(31)26(27(25)17-24)12-7-6-10-23-11-8-9-22(5)15-23/h7-9,11-12,15-16,20-21,25-28,31H,6,10,13-14,17-19H2,1-5H3/b12-7+/t25-,26+,27-,28+/m0/s1. The molecule has 0 saturated heterocycles. The molecule has 0 unspecified atom stereocenters. The fourth-order valence-corrected chi connectivity index (χ4v) is 5.75. The van der Waals surface area contributed by atoms with Crippen LogP contribution >= 0.6 is 0 Å². The van der Waals surface area contributed by atoms with E-state index in [2.05, 4.69) is 77.1 Å². The molecule has 0 radical (unpaired) electrons. The first-order chi connectivity index (χ1) is 15.8. The second kappa shape index (κ2) is 12.0. The molecule has 1 amide bonds. The summed E-state index contributed by atoms with van der Waals surface area (Å²) in [5.74, 6) is 1.32. The van der Waals surface area contributed by atoms with E-state index in [1.807, 2.05) is 4.90 Å². The van der Waals surface area contributed by atoms with Crippen molar-refractivity contribution >= 4 is 5.91 Å². The van der Waals surface area contributed by atoms with Crippen molar-refractivity contribution in [3.63, 3.8) is 0 Å². The third-order valence-electron chi connectivity index (χ3n) is 7.14. The summed E-state index contributed by atoms with van der Waals surface area (Å²) in [5.41, 5.74) is 4.00. The molecule has 0 bridgehead atoms. The highest BCUT2D eigenvalue weighted by Crippen LogP contribution is 2.47. The summed E-state index contributed by atoms with van der Waals surface area (Å²) in [5, 5.41) is 10.6. The molecule has 1 saturated carbocycles. The third kappa shape index (κ3) is 7.04. The van der Waals surface area contributed by atoms with Gasteiger partial charge in [-0.1, -0.05) is 48.1 Å². The van der Waals surface area contributed by atoms with E-state index < -0.39 is 0 Å². The van der Waals surface area contributed by atoms with Crippen LogP contribution in [0.15, 0.2) is 48.1 Å². The van der Waals surface area contributed by atoms with Crippen molar-refractivity contribution in [2.24, 2.45) is 17.8 Å². The Morgan fingerprint density at radius 3 is 2.70 bits per heavy atom. The number of aliphatic hydroxyl groups is 1. The van der Waals surface area contributed by atoms with Gasteiger partial charge in [-0.3, -0.25) is 4.79 Å². The van der Waals surface area contributed by atoms with E-state index in [4.69, 9.17) is 4.74 Å². The second-order valence-electron chi connectivity index (χ2n) is 10.5. The van der Waals surface area contributed by atoms with Crippen LogP contribution < -0.4 is 0 Å². The Morgan fingerprint density at radius 2 is 2.00 bits per heavy atom. The minimum atomic E-state index is -0.246. The van der Waals surface area contributed by atoms with E-state index in [0.29, 0.717) is 31.5 Å². The van der Waals surface area contributed by atoms with Gasteiger partial charge in [-0.2, -0.15) is 0 Å². The molecule has 4 heteroatoms. The molecule has 2 aliphatic carbocycles. The summed E-state index contributed by atoms with van der Waals surface area (Å²) >= 11 is 0. The number of carbonyl (C=O) groups is 1. The highest BCUT2D eigenvalue weighted by atomic mass is 16.5. The predicted octanol–water partition coefficient (Wildman–Crippen LogP) is 5.48. The molecule has 0 spiro atoms. The minimum Gasteiger partial charge on any atom is -0.392 e. The van der Waals surface area contributed by atoms with Crippen molar-refractivity contribution < 1.29 is 14.6 Å². The molecule has 182 valence electrons. The lowest BCUT2D eigenvalue weighted by Gasteiger charge is -2.30. The maximum Gasteiger partial charge on any atom is 0.225 e. The van der Waals surface area contributed by atoms with Crippen LogP contribution in [-0.2, 0) is 16.0 Å². The summed E-state index contributed by atoms with van der Waals surface area (Å²) < 4.78 is 5.89. The smallest absolute Gasteiger partial charge is 0.225 e. The van der Waals surface area contributed by atoms with Crippen LogP contribution in [0.25, 0.3) is 0 Å². The van der Waals surface area contributed by atoms with Crippen molar-refractivity contribution in [3.05, 3.63) is 59.2 Å².